The van der Waals surface area contributed by atoms with Crippen LogP contribution in [0, 0.1) is 0 Å². The molecule has 1 unspecified atom stereocenters. The van der Waals surface area contributed by atoms with Crippen molar-refractivity contribution >= 4 is 24.4 Å². The van der Waals surface area contributed by atoms with Gasteiger partial charge < -0.3 is 9.64 Å². The van der Waals surface area contributed by atoms with Gasteiger partial charge in [0.2, 0.25) is 0 Å². The largest absolute Gasteiger partial charge is 0.497 e. The van der Waals surface area contributed by atoms with Crippen LogP contribution in [-0.2, 0) is 0 Å². The van der Waals surface area contributed by atoms with E-state index < -0.39 is 8.07 Å². The molecule has 0 aliphatic carbocycles. The fourth-order valence-electron chi connectivity index (χ4n) is 3.19. The summed E-state index contributed by atoms with van der Waals surface area (Å²) >= 11 is 0. The SMILES string of the molecule is COc1ccc([Si]2(C)CN(C)C(=O)c3ccccc32)cc1. The highest BCUT2D eigenvalue weighted by molar-refractivity contribution is 7.02. The molecule has 21 heavy (non-hydrogen) atoms. The summed E-state index contributed by atoms with van der Waals surface area (Å²) in [5.74, 6) is 0.994. The number of amides is 1. The van der Waals surface area contributed by atoms with Crippen LogP contribution in [-0.4, -0.2) is 39.2 Å². The third-order valence-corrected chi connectivity index (χ3v) is 8.72. The zero-order chi connectivity index (χ0) is 15.0. The zero-order valence-electron chi connectivity index (χ0n) is 12.6. The summed E-state index contributed by atoms with van der Waals surface area (Å²) in [6.07, 6.45) is 0.815. The smallest absolute Gasteiger partial charge is 0.253 e. The summed E-state index contributed by atoms with van der Waals surface area (Å²) in [4.78, 5) is 14.2. The van der Waals surface area contributed by atoms with Gasteiger partial charge in [-0.15, -0.1) is 0 Å². The highest BCUT2D eigenvalue weighted by Crippen LogP contribution is 2.18. The molecule has 1 aliphatic heterocycles. The Morgan fingerprint density at radius 3 is 2.43 bits per heavy atom. The van der Waals surface area contributed by atoms with Crippen LogP contribution in [0.5, 0.6) is 5.75 Å². The van der Waals surface area contributed by atoms with Crippen LogP contribution in [0.3, 0.4) is 0 Å². The lowest BCUT2D eigenvalue weighted by Crippen LogP contribution is -2.67. The van der Waals surface area contributed by atoms with Crippen LogP contribution in [0.2, 0.25) is 6.55 Å². The van der Waals surface area contributed by atoms with Crippen LogP contribution in [0.15, 0.2) is 48.5 Å². The molecule has 0 radical (unpaired) electrons. The van der Waals surface area contributed by atoms with Gasteiger partial charge in [0.25, 0.3) is 5.91 Å². The monoisotopic (exact) mass is 297 g/mol. The van der Waals surface area contributed by atoms with Gasteiger partial charge in [-0.1, -0.05) is 42.1 Å². The summed E-state index contributed by atoms with van der Waals surface area (Å²) in [6.45, 7) is 2.33. The van der Waals surface area contributed by atoms with E-state index in [2.05, 4.69) is 24.7 Å². The lowest BCUT2D eigenvalue weighted by molar-refractivity contribution is 0.0812. The van der Waals surface area contributed by atoms with Crippen molar-refractivity contribution in [3.63, 3.8) is 0 Å². The molecule has 1 aliphatic rings. The first-order valence-corrected chi connectivity index (χ1v) is 9.76. The maximum absolute atomic E-state index is 12.4. The highest BCUT2D eigenvalue weighted by Gasteiger charge is 2.41. The van der Waals surface area contributed by atoms with Gasteiger partial charge in [-0.25, -0.2) is 0 Å². The minimum Gasteiger partial charge on any atom is -0.497 e. The van der Waals surface area contributed by atoms with E-state index in [0.29, 0.717) is 0 Å². The van der Waals surface area contributed by atoms with Crippen molar-refractivity contribution in [3.8, 4) is 5.75 Å². The number of carbonyl (C=O) groups is 1. The molecule has 0 N–H and O–H groups in total. The van der Waals surface area contributed by atoms with Crippen molar-refractivity contribution in [2.75, 3.05) is 20.3 Å². The van der Waals surface area contributed by atoms with Crippen LogP contribution < -0.4 is 15.1 Å². The van der Waals surface area contributed by atoms with Gasteiger partial charge in [0, 0.05) is 18.8 Å². The Morgan fingerprint density at radius 2 is 1.76 bits per heavy atom. The molecule has 2 aromatic rings. The van der Waals surface area contributed by atoms with Gasteiger partial charge in [-0.2, -0.15) is 0 Å². The second-order valence-electron chi connectivity index (χ2n) is 5.77. The molecule has 0 spiro atoms. The topological polar surface area (TPSA) is 29.5 Å². The average molecular weight is 297 g/mol. The fraction of sp³-hybridized carbons (Fsp3) is 0.235. The van der Waals surface area contributed by atoms with E-state index in [1.165, 1.54) is 10.4 Å². The Hall–Kier alpha value is -2.07. The molecule has 0 fully saturated rings. The van der Waals surface area contributed by atoms with Crippen LogP contribution in [0.1, 0.15) is 10.4 Å². The summed E-state index contributed by atoms with van der Waals surface area (Å²) in [6, 6.07) is 16.3. The molecule has 0 aromatic heterocycles. The van der Waals surface area contributed by atoms with Crippen molar-refractivity contribution in [1.29, 1.82) is 0 Å². The molecule has 2 aromatic carbocycles. The summed E-state index contributed by atoms with van der Waals surface area (Å²) in [5, 5.41) is 2.56. The molecule has 1 amide bonds. The summed E-state index contributed by atoms with van der Waals surface area (Å²) in [7, 11) is 1.65. The number of hydrogen-bond donors (Lipinski definition) is 0. The van der Waals surface area contributed by atoms with Crippen LogP contribution in [0.25, 0.3) is 0 Å². The van der Waals surface area contributed by atoms with Gasteiger partial charge in [-0.3, -0.25) is 4.79 Å². The molecule has 0 saturated heterocycles. The van der Waals surface area contributed by atoms with E-state index in [0.717, 1.165) is 17.5 Å². The first-order chi connectivity index (χ1) is 10.1. The first-order valence-electron chi connectivity index (χ1n) is 7.06. The Bertz CT molecular complexity index is 683. The van der Waals surface area contributed by atoms with Gasteiger partial charge in [0.1, 0.15) is 13.8 Å². The van der Waals surface area contributed by atoms with E-state index in [4.69, 9.17) is 4.74 Å². The molecule has 4 heteroatoms. The maximum atomic E-state index is 12.4. The molecule has 1 atom stereocenters. The second-order valence-corrected chi connectivity index (χ2v) is 9.86. The summed E-state index contributed by atoms with van der Waals surface area (Å²) < 4.78 is 5.25. The van der Waals surface area contributed by atoms with Gasteiger partial charge >= 0.3 is 0 Å². The minimum atomic E-state index is -1.92. The number of ether oxygens (including phenoxy) is 1. The van der Waals surface area contributed by atoms with E-state index in [1.807, 2.05) is 42.3 Å². The number of nitrogens with zero attached hydrogens (tertiary/aromatic N) is 1. The molecule has 1 heterocycles. The van der Waals surface area contributed by atoms with Crippen molar-refractivity contribution in [2.24, 2.45) is 0 Å². The number of fused-ring (bicyclic) bond motifs is 1. The molecule has 3 rings (SSSR count). The number of benzene rings is 2. The molecular weight excluding hydrogens is 278 g/mol. The molecule has 0 saturated carbocycles. The lowest BCUT2D eigenvalue weighted by Gasteiger charge is -2.39. The van der Waals surface area contributed by atoms with Crippen molar-refractivity contribution in [3.05, 3.63) is 54.1 Å². The van der Waals surface area contributed by atoms with Crippen molar-refractivity contribution in [1.82, 2.24) is 4.90 Å². The maximum Gasteiger partial charge on any atom is 0.253 e. The Kier molecular flexibility index (Phi) is 3.33. The third-order valence-electron chi connectivity index (χ3n) is 4.38. The van der Waals surface area contributed by atoms with E-state index in [-0.39, 0.29) is 5.91 Å². The van der Waals surface area contributed by atoms with Gasteiger partial charge in [0.05, 0.1) is 7.11 Å². The van der Waals surface area contributed by atoms with E-state index in [9.17, 15) is 4.79 Å². The van der Waals surface area contributed by atoms with Crippen LogP contribution in [0.4, 0.5) is 0 Å². The highest BCUT2D eigenvalue weighted by atomic mass is 28.3. The molecule has 3 nitrogen and oxygen atoms in total. The molecule has 0 bridgehead atoms. The van der Waals surface area contributed by atoms with Gasteiger partial charge in [0.15, 0.2) is 0 Å². The van der Waals surface area contributed by atoms with Crippen molar-refractivity contribution < 1.29 is 9.53 Å². The van der Waals surface area contributed by atoms with E-state index >= 15 is 0 Å². The number of hydrogen-bond acceptors (Lipinski definition) is 2. The van der Waals surface area contributed by atoms with Gasteiger partial charge in [-0.05, 0) is 23.4 Å². The molecule has 108 valence electrons. The van der Waals surface area contributed by atoms with E-state index in [1.54, 1.807) is 7.11 Å². The Labute approximate surface area is 126 Å². The number of rotatable bonds is 2. The number of carbonyl (C=O) groups excluding carboxylic acids is 1. The molecular formula is C17H19NO2Si. The normalized spacial score (nSPS) is 21.1. The fourth-order valence-corrected chi connectivity index (χ4v) is 7.10. The first kappa shape index (κ1) is 13.9. The predicted octanol–water partition coefficient (Wildman–Crippen LogP) is 1.51. The standard InChI is InChI=1S/C17H19NO2Si/c1-18-12-21(3,14-10-8-13(20-2)9-11-14)16-7-5-4-6-15(16)17(18)19/h4-11H,12H2,1-3H3. The summed E-state index contributed by atoms with van der Waals surface area (Å²) in [5.41, 5.74) is 0.858. The Morgan fingerprint density at radius 1 is 1.10 bits per heavy atom. The average Bonchev–Trinajstić information content (AvgIpc) is 2.53. The zero-order valence-corrected chi connectivity index (χ0v) is 13.6. The minimum absolute atomic E-state index is 0.129. The Balaban J connectivity index is 2.15. The second kappa shape index (κ2) is 5.04. The predicted molar refractivity (Wildman–Crippen MR) is 87.3 cm³/mol. The quantitative estimate of drug-likeness (QED) is 0.787. The van der Waals surface area contributed by atoms with Crippen molar-refractivity contribution in [2.45, 2.75) is 6.55 Å². The lowest BCUT2D eigenvalue weighted by atomic mass is 10.2. The third kappa shape index (κ3) is 2.16. The van der Waals surface area contributed by atoms with Crippen LogP contribution >= 0.6 is 0 Å². The number of methoxy groups -OCH3 is 1.